The summed E-state index contributed by atoms with van der Waals surface area (Å²) in [7, 11) is -2.10. The summed E-state index contributed by atoms with van der Waals surface area (Å²) in [6.07, 6.45) is 1.90. The van der Waals surface area contributed by atoms with Crippen molar-refractivity contribution < 1.29 is 13.5 Å². The van der Waals surface area contributed by atoms with E-state index in [4.69, 9.17) is 0 Å². The van der Waals surface area contributed by atoms with E-state index in [0.29, 0.717) is 5.82 Å². The van der Waals surface area contributed by atoms with E-state index in [1.54, 1.807) is 30.7 Å². The van der Waals surface area contributed by atoms with Crippen LogP contribution in [0.2, 0.25) is 0 Å². The summed E-state index contributed by atoms with van der Waals surface area (Å²) < 4.78 is 29.3. The second kappa shape index (κ2) is 6.42. The third-order valence-electron chi connectivity index (χ3n) is 3.18. The molecular formula is C13H18N4O4S. The van der Waals surface area contributed by atoms with Crippen LogP contribution in [0, 0.1) is 6.92 Å². The molecule has 1 atom stereocenters. The number of hydrogen-bond acceptors (Lipinski definition) is 5. The summed E-state index contributed by atoms with van der Waals surface area (Å²) in [6.45, 7) is 1.48. The van der Waals surface area contributed by atoms with Crippen LogP contribution in [0.1, 0.15) is 5.82 Å². The maximum absolute atomic E-state index is 12.1. The van der Waals surface area contributed by atoms with Gasteiger partial charge < -0.3 is 14.2 Å². The highest BCUT2D eigenvalue weighted by Crippen LogP contribution is 2.07. The van der Waals surface area contributed by atoms with Gasteiger partial charge in [0.2, 0.25) is 0 Å². The Morgan fingerprint density at radius 1 is 1.41 bits per heavy atom. The molecule has 0 fully saturated rings. The molecule has 1 unspecified atom stereocenters. The van der Waals surface area contributed by atoms with Crippen LogP contribution in [0.15, 0.2) is 40.4 Å². The smallest absolute Gasteiger partial charge is 0.259 e. The maximum Gasteiger partial charge on any atom is 0.259 e. The average molecular weight is 326 g/mol. The molecule has 0 radical (unpaired) electrons. The minimum atomic E-state index is -3.79. The number of hydrogen-bond donors (Lipinski definition) is 2. The molecule has 0 saturated heterocycles. The van der Waals surface area contributed by atoms with Crippen molar-refractivity contribution in [1.29, 1.82) is 0 Å². The van der Waals surface area contributed by atoms with Crippen LogP contribution < -0.4 is 10.3 Å². The van der Waals surface area contributed by atoms with Crippen molar-refractivity contribution in [2.24, 2.45) is 7.05 Å². The minimum Gasteiger partial charge on any atom is -0.390 e. The zero-order chi connectivity index (χ0) is 16.3. The molecule has 2 rings (SSSR count). The standard InChI is InChI=1S/C13H18N4O4S/c1-10-15-12(9-16(10)2)22(20,21)14-7-11(18)8-17-6-4-3-5-13(17)19/h3-6,9,11,14,18H,7-8H2,1-2H3. The molecule has 2 heterocycles. The monoisotopic (exact) mass is 326 g/mol. The van der Waals surface area contributed by atoms with E-state index in [1.165, 1.54) is 23.0 Å². The van der Waals surface area contributed by atoms with Crippen LogP contribution in [-0.4, -0.2) is 40.3 Å². The van der Waals surface area contributed by atoms with Crippen molar-refractivity contribution in [2.45, 2.75) is 24.6 Å². The molecule has 0 aromatic carbocycles. The van der Waals surface area contributed by atoms with Gasteiger partial charge in [-0.2, -0.15) is 0 Å². The van der Waals surface area contributed by atoms with E-state index in [1.807, 2.05) is 0 Å². The van der Waals surface area contributed by atoms with Crippen molar-refractivity contribution in [2.75, 3.05) is 6.54 Å². The lowest BCUT2D eigenvalue weighted by Gasteiger charge is -2.13. The predicted octanol–water partition coefficient (Wildman–Crippen LogP) is -0.770. The summed E-state index contributed by atoms with van der Waals surface area (Å²) in [5.74, 6) is 0.566. The van der Waals surface area contributed by atoms with Gasteiger partial charge in [-0.3, -0.25) is 4.79 Å². The first kappa shape index (κ1) is 16.4. The van der Waals surface area contributed by atoms with Crippen LogP contribution in [0.5, 0.6) is 0 Å². The van der Waals surface area contributed by atoms with Crippen molar-refractivity contribution >= 4 is 10.0 Å². The molecule has 2 aromatic heterocycles. The van der Waals surface area contributed by atoms with Crippen molar-refractivity contribution in [3.05, 3.63) is 46.8 Å². The third kappa shape index (κ3) is 3.81. The summed E-state index contributed by atoms with van der Waals surface area (Å²) in [5, 5.41) is 9.78. The fourth-order valence-electron chi connectivity index (χ4n) is 1.84. The van der Waals surface area contributed by atoms with E-state index in [-0.39, 0.29) is 23.7 Å². The number of aromatic nitrogens is 3. The molecule has 2 N–H and O–H groups in total. The fourth-order valence-corrected chi connectivity index (χ4v) is 2.95. The van der Waals surface area contributed by atoms with E-state index in [9.17, 15) is 18.3 Å². The zero-order valence-electron chi connectivity index (χ0n) is 12.3. The van der Waals surface area contributed by atoms with E-state index >= 15 is 0 Å². The molecule has 2 aromatic rings. The highest BCUT2D eigenvalue weighted by molar-refractivity contribution is 7.89. The quantitative estimate of drug-likeness (QED) is 0.725. The van der Waals surface area contributed by atoms with Gasteiger partial charge in [-0.1, -0.05) is 6.07 Å². The Morgan fingerprint density at radius 3 is 2.73 bits per heavy atom. The fraction of sp³-hybridized carbons (Fsp3) is 0.385. The SMILES string of the molecule is Cc1nc(S(=O)(=O)NCC(O)Cn2ccccc2=O)cn1C. The molecule has 0 amide bonds. The Bertz CT molecular complexity index is 790. The van der Waals surface area contributed by atoms with Gasteiger partial charge in [-0.25, -0.2) is 18.1 Å². The van der Waals surface area contributed by atoms with Gasteiger partial charge in [0.25, 0.3) is 15.6 Å². The van der Waals surface area contributed by atoms with Gasteiger partial charge in [0.15, 0.2) is 5.03 Å². The maximum atomic E-state index is 12.1. The van der Waals surface area contributed by atoms with Gasteiger partial charge in [-0.05, 0) is 13.0 Å². The Hall–Kier alpha value is -1.97. The molecule has 0 bridgehead atoms. The van der Waals surface area contributed by atoms with Crippen molar-refractivity contribution in [3.8, 4) is 0 Å². The lowest BCUT2D eigenvalue weighted by molar-refractivity contribution is 0.156. The zero-order valence-corrected chi connectivity index (χ0v) is 13.1. The van der Waals surface area contributed by atoms with E-state index in [2.05, 4.69) is 9.71 Å². The lowest BCUT2D eigenvalue weighted by Crippen LogP contribution is -2.36. The molecular weight excluding hydrogens is 308 g/mol. The van der Waals surface area contributed by atoms with E-state index in [0.717, 1.165) is 0 Å². The summed E-state index contributed by atoms with van der Waals surface area (Å²) in [6, 6.07) is 4.62. The van der Waals surface area contributed by atoms with Crippen molar-refractivity contribution in [1.82, 2.24) is 18.8 Å². The Kier molecular flexibility index (Phi) is 4.79. The van der Waals surface area contributed by atoms with Crippen LogP contribution >= 0.6 is 0 Å². The molecule has 0 aliphatic rings. The minimum absolute atomic E-state index is 0.00341. The lowest BCUT2D eigenvalue weighted by atomic mass is 10.3. The first-order chi connectivity index (χ1) is 10.3. The number of aryl methyl sites for hydroxylation is 2. The van der Waals surface area contributed by atoms with E-state index < -0.39 is 16.1 Å². The van der Waals surface area contributed by atoms with Gasteiger partial charge >= 0.3 is 0 Å². The van der Waals surface area contributed by atoms with Crippen molar-refractivity contribution in [3.63, 3.8) is 0 Å². The van der Waals surface area contributed by atoms with Gasteiger partial charge in [0.1, 0.15) is 5.82 Å². The molecule has 8 nitrogen and oxygen atoms in total. The first-order valence-corrected chi connectivity index (χ1v) is 8.11. The highest BCUT2D eigenvalue weighted by Gasteiger charge is 2.19. The first-order valence-electron chi connectivity index (χ1n) is 6.63. The molecule has 22 heavy (non-hydrogen) atoms. The largest absolute Gasteiger partial charge is 0.390 e. The Morgan fingerprint density at radius 2 is 2.14 bits per heavy atom. The molecule has 0 spiro atoms. The Balaban J connectivity index is 2.00. The number of aliphatic hydroxyl groups is 1. The number of imidazole rings is 1. The van der Waals surface area contributed by atoms with Gasteiger partial charge in [0.05, 0.1) is 12.6 Å². The molecule has 0 aliphatic carbocycles. The summed E-state index contributed by atoms with van der Waals surface area (Å²) in [5.41, 5.74) is -0.259. The number of pyridine rings is 1. The normalized spacial score (nSPS) is 13.2. The third-order valence-corrected chi connectivity index (χ3v) is 4.47. The Labute approximate surface area is 128 Å². The van der Waals surface area contributed by atoms with Gasteiger partial charge in [-0.15, -0.1) is 0 Å². The second-order valence-electron chi connectivity index (χ2n) is 4.93. The van der Waals surface area contributed by atoms with Gasteiger partial charge in [0, 0.05) is 32.1 Å². The van der Waals surface area contributed by atoms with Crippen LogP contribution in [0.4, 0.5) is 0 Å². The number of rotatable bonds is 6. The molecule has 0 aliphatic heterocycles. The second-order valence-corrected chi connectivity index (χ2v) is 6.65. The van der Waals surface area contributed by atoms with Crippen LogP contribution in [-0.2, 0) is 23.6 Å². The number of nitrogens with one attached hydrogen (secondary N) is 1. The average Bonchev–Trinajstić information content (AvgIpc) is 2.80. The summed E-state index contributed by atoms with van der Waals surface area (Å²) in [4.78, 5) is 15.5. The molecule has 0 saturated carbocycles. The highest BCUT2D eigenvalue weighted by atomic mass is 32.2. The topological polar surface area (TPSA) is 106 Å². The number of sulfonamides is 1. The summed E-state index contributed by atoms with van der Waals surface area (Å²) >= 11 is 0. The predicted molar refractivity (Wildman–Crippen MR) is 79.8 cm³/mol. The van der Waals surface area contributed by atoms with Crippen LogP contribution in [0.3, 0.4) is 0 Å². The molecule has 9 heteroatoms. The molecule has 120 valence electrons. The number of nitrogens with zero attached hydrogens (tertiary/aromatic N) is 3. The number of aliphatic hydroxyl groups excluding tert-OH is 1. The van der Waals surface area contributed by atoms with Crippen LogP contribution in [0.25, 0.3) is 0 Å².